The fourth-order valence-electron chi connectivity index (χ4n) is 2.84. The Morgan fingerprint density at radius 1 is 1.32 bits per heavy atom. The summed E-state index contributed by atoms with van der Waals surface area (Å²) in [7, 11) is 0. The van der Waals surface area contributed by atoms with E-state index in [-0.39, 0.29) is 5.91 Å². The second-order valence-electron chi connectivity index (χ2n) is 5.69. The summed E-state index contributed by atoms with van der Waals surface area (Å²) in [5.41, 5.74) is 2.26. The molecule has 1 aliphatic rings. The number of nitrogens with one attached hydrogen (secondary N) is 1. The van der Waals surface area contributed by atoms with Gasteiger partial charge in [0.2, 0.25) is 0 Å². The number of amides is 1. The maximum Gasteiger partial charge on any atom is 0.254 e. The van der Waals surface area contributed by atoms with Crippen LogP contribution in [0.1, 0.15) is 56.3 Å². The first-order valence-corrected chi connectivity index (χ1v) is 8.41. The van der Waals surface area contributed by atoms with Gasteiger partial charge in [0.1, 0.15) is 5.82 Å². The van der Waals surface area contributed by atoms with Gasteiger partial charge >= 0.3 is 0 Å². The predicted octanol–water partition coefficient (Wildman–Crippen LogP) is 3.87. The van der Waals surface area contributed by atoms with Gasteiger partial charge in [0.05, 0.1) is 0 Å². The van der Waals surface area contributed by atoms with Crippen molar-refractivity contribution >= 4 is 11.7 Å². The number of aromatic nitrogens is 1. The van der Waals surface area contributed by atoms with Crippen LogP contribution in [-0.4, -0.2) is 35.4 Å². The molecule has 1 amide bonds. The number of carbonyl (C=O) groups is 1. The van der Waals surface area contributed by atoms with Gasteiger partial charge < -0.3 is 10.2 Å². The summed E-state index contributed by atoms with van der Waals surface area (Å²) in [5.74, 6) is 0.861. The molecule has 4 nitrogen and oxygen atoms in total. The van der Waals surface area contributed by atoms with Crippen LogP contribution in [0.2, 0.25) is 0 Å². The molecule has 0 aliphatic heterocycles. The summed E-state index contributed by atoms with van der Waals surface area (Å²) in [6.45, 7) is 6.34. The molecule has 2 rings (SSSR count). The third kappa shape index (κ3) is 4.58. The Labute approximate surface area is 133 Å². The highest BCUT2D eigenvalue weighted by Gasteiger charge is 2.13. The zero-order valence-electron chi connectivity index (χ0n) is 13.8. The van der Waals surface area contributed by atoms with E-state index in [1.165, 1.54) is 25.7 Å². The topological polar surface area (TPSA) is 45.2 Å². The fraction of sp³-hybridized carbons (Fsp3) is 0.556. The molecule has 0 spiro atoms. The van der Waals surface area contributed by atoms with Crippen molar-refractivity contribution in [3.63, 3.8) is 0 Å². The number of carbonyl (C=O) groups excluding carboxylic acids is 1. The largest absolute Gasteiger partial charge is 0.370 e. The average molecular weight is 301 g/mol. The highest BCUT2D eigenvalue weighted by molar-refractivity contribution is 5.94. The second kappa shape index (κ2) is 8.57. The van der Waals surface area contributed by atoms with Gasteiger partial charge in [0, 0.05) is 31.4 Å². The predicted molar refractivity (Wildman–Crippen MR) is 91.1 cm³/mol. The molecule has 120 valence electrons. The number of nitrogens with zero attached hydrogens (tertiary/aromatic N) is 2. The van der Waals surface area contributed by atoms with Crippen molar-refractivity contribution in [2.45, 2.75) is 46.0 Å². The Hall–Kier alpha value is -1.84. The molecular weight excluding hydrogens is 274 g/mol. The number of rotatable bonds is 7. The summed E-state index contributed by atoms with van der Waals surface area (Å²) < 4.78 is 0. The summed E-state index contributed by atoms with van der Waals surface area (Å²) >= 11 is 0. The third-order valence-electron chi connectivity index (χ3n) is 4.19. The van der Waals surface area contributed by atoms with Crippen LogP contribution < -0.4 is 5.32 Å². The first kappa shape index (κ1) is 16.5. The van der Waals surface area contributed by atoms with Crippen LogP contribution in [0.5, 0.6) is 0 Å². The number of anilines is 1. The monoisotopic (exact) mass is 301 g/mol. The van der Waals surface area contributed by atoms with Crippen LogP contribution in [-0.2, 0) is 0 Å². The zero-order chi connectivity index (χ0) is 15.8. The van der Waals surface area contributed by atoms with Crippen LogP contribution in [0.3, 0.4) is 0 Å². The molecular formula is C18H27N3O. The lowest BCUT2D eigenvalue weighted by molar-refractivity contribution is 0.0773. The molecule has 1 aliphatic carbocycles. The van der Waals surface area contributed by atoms with Gasteiger partial charge in [0.15, 0.2) is 0 Å². The molecule has 0 unspecified atom stereocenters. The van der Waals surface area contributed by atoms with E-state index < -0.39 is 0 Å². The molecule has 0 radical (unpaired) electrons. The van der Waals surface area contributed by atoms with Crippen LogP contribution >= 0.6 is 0 Å². The van der Waals surface area contributed by atoms with Crippen molar-refractivity contribution in [1.29, 1.82) is 0 Å². The van der Waals surface area contributed by atoms with Gasteiger partial charge in [-0.2, -0.15) is 0 Å². The number of hydrogen-bond acceptors (Lipinski definition) is 3. The SMILES string of the molecule is CCN(CC)C(=O)c1ccnc(NCCC2=CCCCC2)c1. The van der Waals surface area contributed by atoms with E-state index >= 15 is 0 Å². The Bertz CT molecular complexity index is 521. The molecule has 22 heavy (non-hydrogen) atoms. The molecule has 1 N–H and O–H groups in total. The van der Waals surface area contributed by atoms with Gasteiger partial charge in [-0.1, -0.05) is 11.6 Å². The molecule has 1 aromatic heterocycles. The zero-order valence-corrected chi connectivity index (χ0v) is 13.8. The van der Waals surface area contributed by atoms with Crippen molar-refractivity contribution in [2.24, 2.45) is 0 Å². The van der Waals surface area contributed by atoms with Crippen molar-refractivity contribution in [1.82, 2.24) is 9.88 Å². The lowest BCUT2D eigenvalue weighted by atomic mass is 9.97. The van der Waals surface area contributed by atoms with E-state index in [0.29, 0.717) is 5.56 Å². The minimum Gasteiger partial charge on any atom is -0.370 e. The number of hydrogen-bond donors (Lipinski definition) is 1. The standard InChI is InChI=1S/C18H27N3O/c1-3-21(4-2)18(22)16-11-13-20-17(14-16)19-12-10-15-8-6-5-7-9-15/h8,11,13-14H,3-7,9-10,12H2,1-2H3,(H,19,20). The maximum absolute atomic E-state index is 12.3. The van der Waals surface area contributed by atoms with Gasteiger partial charge in [0.25, 0.3) is 5.91 Å². The van der Waals surface area contributed by atoms with E-state index in [1.807, 2.05) is 24.8 Å². The van der Waals surface area contributed by atoms with Gasteiger partial charge in [-0.15, -0.1) is 0 Å². The van der Waals surface area contributed by atoms with Crippen molar-refractivity contribution in [2.75, 3.05) is 25.0 Å². The highest BCUT2D eigenvalue weighted by Crippen LogP contribution is 2.20. The smallest absolute Gasteiger partial charge is 0.254 e. The van der Waals surface area contributed by atoms with Crippen molar-refractivity contribution in [3.8, 4) is 0 Å². The van der Waals surface area contributed by atoms with Crippen LogP contribution in [0.15, 0.2) is 30.0 Å². The van der Waals surface area contributed by atoms with Gasteiger partial charge in [-0.25, -0.2) is 4.98 Å². The summed E-state index contributed by atoms with van der Waals surface area (Å²) in [4.78, 5) is 18.5. The maximum atomic E-state index is 12.3. The Balaban J connectivity index is 1.90. The van der Waals surface area contributed by atoms with Crippen LogP contribution in [0, 0.1) is 0 Å². The van der Waals surface area contributed by atoms with Gasteiger partial charge in [-0.3, -0.25) is 4.79 Å². The quantitative estimate of drug-likeness (QED) is 0.778. The molecule has 1 aromatic rings. The Kier molecular flexibility index (Phi) is 6.44. The van der Waals surface area contributed by atoms with Crippen molar-refractivity contribution in [3.05, 3.63) is 35.5 Å². The van der Waals surface area contributed by atoms with Crippen LogP contribution in [0.25, 0.3) is 0 Å². The average Bonchev–Trinajstić information content (AvgIpc) is 2.57. The van der Waals surface area contributed by atoms with Crippen LogP contribution in [0.4, 0.5) is 5.82 Å². The Morgan fingerprint density at radius 2 is 2.14 bits per heavy atom. The first-order chi connectivity index (χ1) is 10.7. The van der Waals surface area contributed by atoms with E-state index in [0.717, 1.165) is 31.9 Å². The number of allylic oxidation sites excluding steroid dienone is 1. The van der Waals surface area contributed by atoms with E-state index in [2.05, 4.69) is 16.4 Å². The lowest BCUT2D eigenvalue weighted by Crippen LogP contribution is -2.30. The first-order valence-electron chi connectivity index (χ1n) is 8.41. The Morgan fingerprint density at radius 3 is 2.82 bits per heavy atom. The molecule has 0 saturated heterocycles. The molecule has 0 atom stereocenters. The van der Waals surface area contributed by atoms with Gasteiger partial charge in [-0.05, 0) is 58.1 Å². The van der Waals surface area contributed by atoms with E-state index in [1.54, 1.807) is 17.8 Å². The minimum absolute atomic E-state index is 0.0745. The summed E-state index contributed by atoms with van der Waals surface area (Å²) in [5, 5.41) is 3.34. The normalized spacial score (nSPS) is 14.4. The summed E-state index contributed by atoms with van der Waals surface area (Å²) in [6, 6.07) is 3.64. The fourth-order valence-corrected chi connectivity index (χ4v) is 2.84. The molecule has 0 aromatic carbocycles. The minimum atomic E-state index is 0.0745. The van der Waals surface area contributed by atoms with Crippen molar-refractivity contribution < 1.29 is 4.79 Å². The number of pyridine rings is 1. The van der Waals surface area contributed by atoms with E-state index in [4.69, 9.17) is 0 Å². The third-order valence-corrected chi connectivity index (χ3v) is 4.19. The molecule has 0 saturated carbocycles. The summed E-state index contributed by atoms with van der Waals surface area (Å²) in [6.07, 6.45) is 10.2. The highest BCUT2D eigenvalue weighted by atomic mass is 16.2. The lowest BCUT2D eigenvalue weighted by Gasteiger charge is -2.19. The molecule has 1 heterocycles. The molecule has 0 fully saturated rings. The second-order valence-corrected chi connectivity index (χ2v) is 5.69. The molecule has 4 heteroatoms. The molecule has 0 bridgehead atoms. The van der Waals surface area contributed by atoms with E-state index in [9.17, 15) is 4.79 Å².